The minimum Gasteiger partial charge on any atom is -0.381 e. The maximum atomic E-state index is 13.5. The van der Waals surface area contributed by atoms with Crippen LogP contribution in [0.1, 0.15) is 34.0 Å². The first-order chi connectivity index (χ1) is 14.1. The highest BCUT2D eigenvalue weighted by Gasteiger charge is 2.34. The summed E-state index contributed by atoms with van der Waals surface area (Å²) >= 11 is 18.1. The summed E-state index contributed by atoms with van der Waals surface area (Å²) in [4.78, 5) is 11.0. The summed E-state index contributed by atoms with van der Waals surface area (Å²) in [5, 5.41) is 17.6. The molecule has 2 aromatic rings. The smallest absolute Gasteiger partial charge is 0.250 e. The predicted octanol–water partition coefficient (Wildman–Crippen LogP) is 3.90. The lowest BCUT2D eigenvalue weighted by atomic mass is 10.0. The lowest BCUT2D eigenvalue weighted by Gasteiger charge is -2.16. The Balaban J connectivity index is 2.89. The topological polar surface area (TPSA) is 134 Å². The van der Waals surface area contributed by atoms with Gasteiger partial charge in [0.15, 0.2) is 0 Å². The Morgan fingerprint density at radius 2 is 1.73 bits per heavy atom. The summed E-state index contributed by atoms with van der Waals surface area (Å²) in [5.41, 5.74) is 4.53. The molecule has 0 heterocycles. The predicted molar refractivity (Wildman–Crippen MR) is 112 cm³/mol. The summed E-state index contributed by atoms with van der Waals surface area (Å²) in [6, 6.07) is 7.42. The maximum absolute atomic E-state index is 13.5. The molecule has 0 aliphatic heterocycles. The first-order valence-electron chi connectivity index (χ1n) is 8.38. The van der Waals surface area contributed by atoms with E-state index in [1.807, 2.05) is 0 Å². The Morgan fingerprint density at radius 3 is 2.27 bits per heavy atom. The number of carbonyl (C=O) groups is 1. The van der Waals surface area contributed by atoms with Gasteiger partial charge in [0.1, 0.15) is 17.0 Å². The first-order valence-corrected chi connectivity index (χ1v) is 11.0. The molecule has 0 spiro atoms. The van der Waals surface area contributed by atoms with Crippen molar-refractivity contribution in [3.05, 3.63) is 55.5 Å². The molecule has 2 N–H and O–H groups in total. The number of nitrogens with zero attached hydrogens (tertiary/aromatic N) is 2. The molecule has 0 radical (unpaired) electrons. The van der Waals surface area contributed by atoms with E-state index in [2.05, 4.69) is 0 Å². The minimum atomic E-state index is -4.60. The second-order valence-electron chi connectivity index (χ2n) is 5.85. The average molecular weight is 487 g/mol. The van der Waals surface area contributed by atoms with Crippen LogP contribution in [0.2, 0.25) is 15.1 Å². The Morgan fingerprint density at radius 1 is 1.10 bits per heavy atom. The quantitative estimate of drug-likeness (QED) is 0.466. The Hall–Kier alpha value is -2.33. The fraction of sp³-hybridized carbons (Fsp3) is 0.211. The summed E-state index contributed by atoms with van der Waals surface area (Å²) in [6.07, 6.45) is 0.221. The van der Waals surface area contributed by atoms with E-state index in [1.54, 1.807) is 25.1 Å². The van der Waals surface area contributed by atoms with Crippen molar-refractivity contribution in [2.24, 2.45) is 5.73 Å². The molecule has 2 aromatic carbocycles. The van der Waals surface area contributed by atoms with E-state index < -0.39 is 46.7 Å². The molecule has 11 heteroatoms. The number of rotatable bonds is 7. The molecule has 0 unspecified atom stereocenters. The maximum Gasteiger partial charge on any atom is 0.250 e. The second kappa shape index (κ2) is 9.65. The molecule has 30 heavy (non-hydrogen) atoms. The van der Waals surface area contributed by atoms with E-state index in [9.17, 15) is 23.7 Å². The monoisotopic (exact) mass is 485 g/mol. The summed E-state index contributed by atoms with van der Waals surface area (Å²) in [7, 11) is -4.60. The molecule has 0 atom stereocenters. The number of nitriles is 2. The lowest BCUT2D eigenvalue weighted by molar-refractivity contribution is 0.0995. The molecule has 0 aliphatic carbocycles. The number of benzene rings is 2. The standard InChI is InChI=1S/C19H14Cl3N3O4S/c1-2-29-7-6-10-4-3-5-13(14(10)19(25)26)30(27,28)18-12(9-24)11(8-23)15(20)16(21)17(18)22/h3-5H,2,6-7H2,1H3,(H2,25,26). The number of halogens is 3. The third-order valence-corrected chi connectivity index (χ3v) is 7.45. The van der Waals surface area contributed by atoms with Crippen molar-refractivity contribution in [2.45, 2.75) is 23.1 Å². The zero-order valence-electron chi connectivity index (χ0n) is 15.5. The normalized spacial score (nSPS) is 11.0. The van der Waals surface area contributed by atoms with Crippen LogP contribution in [0.25, 0.3) is 0 Å². The van der Waals surface area contributed by atoms with Gasteiger partial charge in [-0.25, -0.2) is 8.42 Å². The molecular weight excluding hydrogens is 473 g/mol. The number of hydrogen-bond donors (Lipinski definition) is 1. The average Bonchev–Trinajstić information content (AvgIpc) is 2.71. The van der Waals surface area contributed by atoms with Crippen LogP contribution in [0.4, 0.5) is 0 Å². The van der Waals surface area contributed by atoms with Crippen LogP contribution < -0.4 is 5.73 Å². The van der Waals surface area contributed by atoms with Gasteiger partial charge in [-0.05, 0) is 25.0 Å². The van der Waals surface area contributed by atoms with Gasteiger partial charge < -0.3 is 10.5 Å². The molecule has 0 aromatic heterocycles. The fourth-order valence-electron chi connectivity index (χ4n) is 2.83. The molecule has 0 aliphatic rings. The van der Waals surface area contributed by atoms with Crippen molar-refractivity contribution in [2.75, 3.05) is 13.2 Å². The van der Waals surface area contributed by atoms with Crippen molar-refractivity contribution in [3.8, 4) is 12.1 Å². The number of ether oxygens (including phenoxy) is 1. The van der Waals surface area contributed by atoms with Gasteiger partial charge in [0.25, 0.3) is 0 Å². The zero-order valence-corrected chi connectivity index (χ0v) is 18.6. The zero-order chi connectivity index (χ0) is 22.6. The molecule has 1 amide bonds. The molecule has 0 saturated carbocycles. The summed E-state index contributed by atoms with van der Waals surface area (Å²) in [6.45, 7) is 2.46. The van der Waals surface area contributed by atoms with Gasteiger partial charge >= 0.3 is 0 Å². The van der Waals surface area contributed by atoms with Crippen LogP contribution in [0.3, 0.4) is 0 Å². The van der Waals surface area contributed by atoms with E-state index in [-0.39, 0.29) is 23.6 Å². The molecule has 7 nitrogen and oxygen atoms in total. The van der Waals surface area contributed by atoms with Crippen LogP contribution in [-0.4, -0.2) is 27.5 Å². The second-order valence-corrected chi connectivity index (χ2v) is 8.84. The van der Waals surface area contributed by atoms with Crippen LogP contribution in [0.15, 0.2) is 28.0 Å². The number of carbonyl (C=O) groups excluding carboxylic acids is 1. The highest BCUT2D eigenvalue weighted by atomic mass is 35.5. The van der Waals surface area contributed by atoms with Crippen molar-refractivity contribution in [3.63, 3.8) is 0 Å². The van der Waals surface area contributed by atoms with E-state index in [0.717, 1.165) is 6.07 Å². The largest absolute Gasteiger partial charge is 0.381 e. The number of primary amides is 1. The molecule has 156 valence electrons. The highest BCUT2D eigenvalue weighted by molar-refractivity contribution is 7.91. The fourth-order valence-corrected chi connectivity index (χ4v) is 5.58. The van der Waals surface area contributed by atoms with E-state index in [4.69, 9.17) is 45.3 Å². The van der Waals surface area contributed by atoms with Crippen molar-refractivity contribution < 1.29 is 17.9 Å². The molecule has 2 rings (SSSR count). The van der Waals surface area contributed by atoms with Gasteiger partial charge in [0.2, 0.25) is 15.7 Å². The van der Waals surface area contributed by atoms with Crippen molar-refractivity contribution in [1.82, 2.24) is 0 Å². The van der Waals surface area contributed by atoms with Crippen LogP contribution >= 0.6 is 34.8 Å². The van der Waals surface area contributed by atoms with Crippen molar-refractivity contribution >= 4 is 50.5 Å². The van der Waals surface area contributed by atoms with Crippen LogP contribution in [0.5, 0.6) is 0 Å². The number of hydrogen-bond acceptors (Lipinski definition) is 6. The highest BCUT2D eigenvalue weighted by Crippen LogP contribution is 2.43. The first kappa shape index (κ1) is 23.9. The Bertz CT molecular complexity index is 1220. The Kier molecular flexibility index (Phi) is 7.70. The van der Waals surface area contributed by atoms with Gasteiger partial charge in [-0.2, -0.15) is 10.5 Å². The van der Waals surface area contributed by atoms with Crippen LogP contribution in [-0.2, 0) is 21.0 Å². The SMILES string of the molecule is CCOCCc1cccc(S(=O)(=O)c2c(Cl)c(Cl)c(Cl)c(C#N)c2C#N)c1C(N)=O. The van der Waals surface area contributed by atoms with Gasteiger partial charge in [-0.1, -0.05) is 46.9 Å². The van der Waals surface area contributed by atoms with Gasteiger partial charge in [-0.3, -0.25) is 4.79 Å². The molecule has 0 bridgehead atoms. The third-order valence-electron chi connectivity index (χ3n) is 4.14. The van der Waals surface area contributed by atoms with Crippen LogP contribution in [0, 0.1) is 22.7 Å². The van der Waals surface area contributed by atoms with E-state index >= 15 is 0 Å². The Labute approximate surface area is 188 Å². The molecule has 0 saturated heterocycles. The molecular formula is C19H14Cl3N3O4S. The summed E-state index contributed by atoms with van der Waals surface area (Å²) < 4.78 is 32.2. The minimum absolute atomic E-state index is 0.221. The van der Waals surface area contributed by atoms with E-state index in [0.29, 0.717) is 12.2 Å². The third kappa shape index (κ3) is 4.24. The van der Waals surface area contributed by atoms with E-state index in [1.165, 1.54) is 6.07 Å². The van der Waals surface area contributed by atoms with Gasteiger partial charge in [0.05, 0.1) is 43.3 Å². The van der Waals surface area contributed by atoms with Gasteiger partial charge in [-0.15, -0.1) is 0 Å². The number of sulfone groups is 1. The number of amides is 1. The lowest BCUT2D eigenvalue weighted by Crippen LogP contribution is -2.20. The van der Waals surface area contributed by atoms with Gasteiger partial charge in [0, 0.05) is 6.61 Å². The molecule has 0 fully saturated rings. The van der Waals surface area contributed by atoms with Crippen molar-refractivity contribution in [1.29, 1.82) is 10.5 Å². The number of nitrogens with two attached hydrogens (primary N) is 1. The summed E-state index contributed by atoms with van der Waals surface area (Å²) in [5.74, 6) is -0.990.